The van der Waals surface area contributed by atoms with Gasteiger partial charge in [0.2, 0.25) is 0 Å². The van der Waals surface area contributed by atoms with E-state index >= 15 is 0 Å². The van der Waals surface area contributed by atoms with Crippen molar-refractivity contribution in [1.82, 2.24) is 0 Å². The third kappa shape index (κ3) is 2.44. The molecule has 0 amide bonds. The van der Waals surface area contributed by atoms with Crippen molar-refractivity contribution in [3.63, 3.8) is 0 Å². The average molecular weight is 1100 g/mol. The summed E-state index contributed by atoms with van der Waals surface area (Å²) in [6.07, 6.45) is 0.905. The zero-order chi connectivity index (χ0) is 53.5. The van der Waals surface area contributed by atoms with Crippen LogP contribution in [0.15, 0.2) is 47.4 Å². The fraction of sp³-hybridized carbons (Fsp3) is 0.119. The minimum atomic E-state index is -1.07. The standard InChI is InChI=1S/C84H28SSi/c1-6-22-19-21(8-12-23(22)11-7-20-9-13-24(14-10-20)85-17-18-86(3,4)5)15-16-84-81-75-69-59-47-39-31-27-25-26-29-33(31)41(47)51-45-37(29)38-30(26)34-32-28(25)36-35(27)43-49(39)57-63-53(43)54-44(36)50-40(32)48-42(34)52-46(38)56-55(45)67(61(51)69)77(81)78-68(56)62(52)70-60(48)66-58(50)64(54)72-71(63)79(73(75)65(57)59)83(84,2)80(72)74(66)76(70)82(78)84/h8-10,12-14,19H,6,17-18H2,1-5H3. The van der Waals surface area contributed by atoms with Crippen molar-refractivity contribution in [3.8, 4) is 23.7 Å². The summed E-state index contributed by atoms with van der Waals surface area (Å²) in [5.74, 6) is 17.5. The first-order valence-corrected chi connectivity index (χ1v) is 36.7. The van der Waals surface area contributed by atoms with Gasteiger partial charge in [-0.25, -0.2) is 0 Å². The lowest BCUT2D eigenvalue weighted by atomic mass is 9.49. The van der Waals surface area contributed by atoms with Crippen LogP contribution in [0.2, 0.25) is 25.7 Å². The number of hydrogen-bond donors (Lipinski definition) is 0. The Balaban J connectivity index is 0.838. The second-order valence-electron chi connectivity index (χ2n) is 31.0. The molecule has 0 atom stereocenters. The third-order valence-electron chi connectivity index (χ3n) is 27.9. The number of thioether (sulfide) groups is 1. The number of aryl methyl sites for hydroxylation is 1. The Morgan fingerprint density at radius 2 is 0.605 bits per heavy atom. The van der Waals surface area contributed by atoms with Gasteiger partial charge in [-0.2, -0.15) is 0 Å². The van der Waals surface area contributed by atoms with Crippen LogP contribution in [0.5, 0.6) is 0 Å². The van der Waals surface area contributed by atoms with Crippen LogP contribution in [-0.2, 0) is 17.3 Å². The zero-order valence-corrected chi connectivity index (χ0v) is 48.4. The van der Waals surface area contributed by atoms with E-state index < -0.39 is 18.9 Å². The van der Waals surface area contributed by atoms with Gasteiger partial charge in [-0.05, 0) is 386 Å². The van der Waals surface area contributed by atoms with Gasteiger partial charge in [-0.1, -0.05) is 50.2 Å². The molecule has 2 heteroatoms. The third-order valence-corrected chi connectivity index (χ3v) is 31.1. The SMILES string of the molecule is CCc1cc(C#CC23c4c5c6c7c8c9c(c%10c%11c2c2c4c4c%12c5c5c6c6c8c8c%13c9c9c%10c%10c%11c%11c2c2c4c4c%12c%12c5c5c6c8c6c8c%13c9c9c%10c%10c%11c2c2c4c4c%12c5c6c5c8c9c%10c2c45)C73C)ccc1C#Cc1ccc(SCC[Si](C)(C)C)cc1. The summed E-state index contributed by atoms with van der Waals surface area (Å²) in [6, 6.07) is 17.4. The Hall–Kier alpha value is -9.41. The quantitative estimate of drug-likeness (QED) is 0.0716. The number of rotatable bonds is 5. The molecule has 0 heterocycles. The predicted octanol–water partition coefficient (Wildman–Crippen LogP) is 22.8. The monoisotopic (exact) mass is 1100 g/mol. The first-order valence-electron chi connectivity index (χ1n) is 32.0. The van der Waals surface area contributed by atoms with Gasteiger partial charge in [-0.3, -0.25) is 0 Å². The topological polar surface area (TPSA) is 0 Å². The highest BCUT2D eigenvalue weighted by Crippen LogP contribution is 2.84. The van der Waals surface area contributed by atoms with Gasteiger partial charge in [0, 0.05) is 35.1 Å². The van der Waals surface area contributed by atoms with Gasteiger partial charge in [0.15, 0.2) is 0 Å². The number of hydrogen-bond acceptors (Lipinski definition) is 1. The fourth-order valence-electron chi connectivity index (χ4n) is 26.4. The van der Waals surface area contributed by atoms with Crippen LogP contribution in [0.3, 0.4) is 0 Å². The summed E-state index contributed by atoms with van der Waals surface area (Å²) in [5.41, 5.74) is 10.0. The Morgan fingerprint density at radius 3 is 0.895 bits per heavy atom. The highest BCUT2D eigenvalue weighted by atomic mass is 32.2. The molecule has 0 aliphatic heterocycles. The maximum atomic E-state index is 4.72. The minimum Gasteiger partial charge on any atom is -0.126 e. The van der Waals surface area contributed by atoms with Crippen LogP contribution in [-0.4, -0.2) is 13.8 Å². The molecular formula is C84H28SSi. The molecule has 0 unspecified atom stereocenters. The van der Waals surface area contributed by atoms with Gasteiger partial charge in [0.25, 0.3) is 0 Å². The molecule has 0 radical (unpaired) electrons. The normalized spacial score (nSPS) is 19.8. The van der Waals surface area contributed by atoms with Crippen LogP contribution in [0.25, 0.3) is 291 Å². The highest BCUT2D eigenvalue weighted by molar-refractivity contribution is 7.99. The largest absolute Gasteiger partial charge is 0.126 e. The molecule has 4 aliphatic carbocycles. The molecule has 30 aromatic carbocycles. The lowest BCUT2D eigenvalue weighted by Gasteiger charge is -2.49. The minimum absolute atomic E-state index is 0.452. The average Bonchev–Trinajstić information content (AvgIpc) is 1.39. The van der Waals surface area contributed by atoms with Crippen LogP contribution in [0, 0.1) is 23.7 Å². The van der Waals surface area contributed by atoms with Crippen molar-refractivity contribution in [1.29, 1.82) is 0 Å². The molecule has 0 saturated heterocycles. The molecule has 30 aromatic rings. The van der Waals surface area contributed by atoms with Crippen molar-refractivity contribution in [2.24, 2.45) is 0 Å². The maximum absolute atomic E-state index is 4.72. The summed E-state index contributed by atoms with van der Waals surface area (Å²) >= 11 is 1.99. The summed E-state index contributed by atoms with van der Waals surface area (Å²) in [6.45, 7) is 12.5. The molecule has 374 valence electrons. The van der Waals surface area contributed by atoms with E-state index in [1.165, 1.54) is 22.3 Å². The van der Waals surface area contributed by atoms with Crippen molar-refractivity contribution >= 4 is 311 Å². The van der Waals surface area contributed by atoms with Gasteiger partial charge in [0.05, 0.1) is 5.41 Å². The number of benzene rings is 20. The van der Waals surface area contributed by atoms with Crippen LogP contribution >= 0.6 is 11.8 Å². The maximum Gasteiger partial charge on any atom is 0.0975 e. The van der Waals surface area contributed by atoms with E-state index in [0.29, 0.717) is 0 Å². The molecule has 4 aliphatic rings. The Kier molecular flexibility index (Phi) is 4.02. The lowest BCUT2D eigenvalue weighted by molar-refractivity contribution is 0.439. The second kappa shape index (κ2) is 9.30. The van der Waals surface area contributed by atoms with Crippen LogP contribution < -0.4 is 0 Å². The molecule has 86 heavy (non-hydrogen) atoms. The molecular weight excluding hydrogens is 1070 g/mol. The van der Waals surface area contributed by atoms with E-state index in [0.717, 1.165) is 23.1 Å². The lowest BCUT2D eigenvalue weighted by Crippen LogP contribution is -2.49. The van der Waals surface area contributed by atoms with Gasteiger partial charge in [0.1, 0.15) is 0 Å². The first kappa shape index (κ1) is 37.1. The summed E-state index contributed by atoms with van der Waals surface area (Å²) < 4.78 is 0. The molecule has 0 nitrogen and oxygen atoms in total. The summed E-state index contributed by atoms with van der Waals surface area (Å²) in [7, 11) is -1.07. The Bertz CT molecular complexity index is 8130. The van der Waals surface area contributed by atoms with E-state index in [4.69, 9.17) is 5.92 Å². The van der Waals surface area contributed by atoms with E-state index in [-0.39, 0.29) is 0 Å². The Morgan fingerprint density at radius 1 is 0.326 bits per heavy atom. The van der Waals surface area contributed by atoms with Crippen molar-refractivity contribution in [2.75, 3.05) is 5.75 Å². The first-order chi connectivity index (χ1) is 42.3. The molecule has 0 fully saturated rings. The van der Waals surface area contributed by atoms with Gasteiger partial charge in [-0.15, -0.1) is 11.8 Å². The fourth-order valence-corrected chi connectivity index (χ4v) is 29.8. The van der Waals surface area contributed by atoms with Crippen LogP contribution in [0.4, 0.5) is 0 Å². The molecule has 0 spiro atoms. The smallest absolute Gasteiger partial charge is 0.0975 e. The molecule has 34 rings (SSSR count). The van der Waals surface area contributed by atoms with E-state index in [1.54, 1.807) is 313 Å². The van der Waals surface area contributed by atoms with Crippen molar-refractivity contribution in [3.05, 3.63) is 87.0 Å². The molecule has 0 aromatic heterocycles. The van der Waals surface area contributed by atoms with E-state index in [1.807, 2.05) is 11.8 Å². The van der Waals surface area contributed by atoms with Crippen molar-refractivity contribution < 1.29 is 0 Å². The van der Waals surface area contributed by atoms with E-state index in [2.05, 4.69) is 93.7 Å². The van der Waals surface area contributed by atoms with Crippen LogP contribution in [0.1, 0.15) is 58.4 Å². The molecule has 0 bridgehead atoms. The molecule has 0 N–H and O–H groups in total. The van der Waals surface area contributed by atoms with Crippen molar-refractivity contribution in [2.45, 2.75) is 61.7 Å². The predicted molar refractivity (Wildman–Crippen MR) is 374 cm³/mol. The molecule has 0 saturated carbocycles. The second-order valence-corrected chi connectivity index (χ2v) is 37.8. The summed E-state index contributed by atoms with van der Waals surface area (Å²) in [4.78, 5) is 1.34. The summed E-state index contributed by atoms with van der Waals surface area (Å²) in [5, 5.41) is 87.9. The van der Waals surface area contributed by atoms with Gasteiger partial charge < -0.3 is 0 Å². The van der Waals surface area contributed by atoms with E-state index in [9.17, 15) is 0 Å². The Labute approximate surface area is 485 Å². The van der Waals surface area contributed by atoms with Gasteiger partial charge >= 0.3 is 0 Å². The zero-order valence-electron chi connectivity index (χ0n) is 46.6. The highest BCUT2D eigenvalue weighted by Gasteiger charge is 2.68.